The lowest BCUT2D eigenvalue weighted by Gasteiger charge is -2.24. The minimum atomic E-state index is 0.224. The van der Waals surface area contributed by atoms with Gasteiger partial charge in [-0.2, -0.15) is 0 Å². The van der Waals surface area contributed by atoms with Crippen LogP contribution in [0.1, 0.15) is 11.1 Å². The second kappa shape index (κ2) is 16.1. The van der Waals surface area contributed by atoms with E-state index in [9.17, 15) is 10.2 Å². The second-order valence-corrected chi connectivity index (χ2v) is 15.0. The maximum absolute atomic E-state index is 11.4. The normalized spacial score (nSPS) is 11.0. The molecule has 0 amide bonds. The molecular weight excluding hydrogens is 719 g/mol. The van der Waals surface area contributed by atoms with Crippen LogP contribution < -0.4 is 5.32 Å². The summed E-state index contributed by atoms with van der Waals surface area (Å²) in [6.07, 6.45) is 0. The van der Waals surface area contributed by atoms with Crippen molar-refractivity contribution in [1.29, 1.82) is 0 Å². The minimum absolute atomic E-state index is 0.224. The van der Waals surface area contributed by atoms with Gasteiger partial charge in [0.15, 0.2) is 0 Å². The summed E-state index contributed by atoms with van der Waals surface area (Å²) in [7, 11) is 0. The highest BCUT2D eigenvalue weighted by Crippen LogP contribution is 2.50. The van der Waals surface area contributed by atoms with Crippen LogP contribution in [0.25, 0.3) is 77.9 Å². The molecule has 0 saturated carbocycles. The molecule has 0 aromatic heterocycles. The van der Waals surface area contributed by atoms with Gasteiger partial charge < -0.3 is 15.5 Å². The molecule has 0 unspecified atom stereocenters. The summed E-state index contributed by atoms with van der Waals surface area (Å²) in [6.45, 7) is 4.22. The van der Waals surface area contributed by atoms with E-state index >= 15 is 0 Å². The molecule has 284 valence electrons. The van der Waals surface area contributed by atoms with Gasteiger partial charge in [0.2, 0.25) is 0 Å². The third-order valence-corrected chi connectivity index (χ3v) is 11.2. The zero-order chi connectivity index (χ0) is 40.3. The van der Waals surface area contributed by atoms with Crippen molar-refractivity contribution in [3.8, 4) is 89.4 Å². The van der Waals surface area contributed by atoms with Gasteiger partial charge in [-0.3, -0.25) is 0 Å². The first-order valence-corrected chi connectivity index (χ1v) is 20.0. The van der Waals surface area contributed by atoms with Crippen LogP contribution in [0.4, 0.5) is 11.4 Å². The number of aromatic hydroxyl groups is 2. The Hall–Kier alpha value is -7.62. The van der Waals surface area contributed by atoms with Crippen molar-refractivity contribution in [2.24, 2.45) is 0 Å². The van der Waals surface area contributed by atoms with Crippen LogP contribution in [0.3, 0.4) is 0 Å². The zero-order valence-electron chi connectivity index (χ0n) is 33.0. The number of aryl methyl sites for hydroxylation is 2. The summed E-state index contributed by atoms with van der Waals surface area (Å²) in [5, 5.41) is 26.4. The monoisotopic (exact) mass is 761 g/mol. The van der Waals surface area contributed by atoms with Gasteiger partial charge in [-0.1, -0.05) is 170 Å². The van der Waals surface area contributed by atoms with E-state index in [0.29, 0.717) is 0 Å². The average Bonchev–Trinajstić information content (AvgIpc) is 3.28. The van der Waals surface area contributed by atoms with E-state index in [2.05, 4.69) is 165 Å². The molecule has 0 bridgehead atoms. The molecule has 0 aliphatic carbocycles. The summed E-state index contributed by atoms with van der Waals surface area (Å²) >= 11 is 0. The van der Waals surface area contributed by atoms with E-state index in [-0.39, 0.29) is 11.5 Å². The molecule has 3 nitrogen and oxygen atoms in total. The van der Waals surface area contributed by atoms with E-state index in [0.717, 1.165) is 89.3 Å². The SMILES string of the molecule is Cc1ccc(-c2ccc(C)c(-c3ccccc3O)c2-c2ccc(-c3ccccc3)cc2)c(-c2ccc(Nc3ccc(-c4ccccc4)cc3)cc2)c1-c1ccccc1O. The Morgan fingerprint density at radius 3 is 1.00 bits per heavy atom. The van der Waals surface area contributed by atoms with Crippen LogP contribution in [0.15, 0.2) is 206 Å². The summed E-state index contributed by atoms with van der Waals surface area (Å²) in [5.74, 6) is 0.452. The van der Waals surface area contributed by atoms with Gasteiger partial charge in [0.25, 0.3) is 0 Å². The van der Waals surface area contributed by atoms with Gasteiger partial charge >= 0.3 is 0 Å². The maximum Gasteiger partial charge on any atom is 0.123 e. The Balaban J connectivity index is 1.22. The molecule has 0 aliphatic rings. The van der Waals surface area contributed by atoms with Crippen LogP contribution in [0.5, 0.6) is 11.5 Å². The predicted molar refractivity (Wildman–Crippen MR) is 247 cm³/mol. The average molecular weight is 762 g/mol. The maximum atomic E-state index is 11.4. The van der Waals surface area contributed by atoms with Crippen molar-refractivity contribution in [3.63, 3.8) is 0 Å². The second-order valence-electron chi connectivity index (χ2n) is 15.0. The van der Waals surface area contributed by atoms with Crippen molar-refractivity contribution in [2.75, 3.05) is 5.32 Å². The molecule has 0 atom stereocenters. The summed E-state index contributed by atoms with van der Waals surface area (Å²) in [4.78, 5) is 0. The molecule has 9 aromatic carbocycles. The molecule has 0 fully saturated rings. The molecule has 9 rings (SSSR count). The van der Waals surface area contributed by atoms with Crippen LogP contribution >= 0.6 is 0 Å². The van der Waals surface area contributed by atoms with Crippen molar-refractivity contribution in [3.05, 3.63) is 217 Å². The number of hydrogen-bond acceptors (Lipinski definition) is 3. The molecule has 0 aliphatic heterocycles. The van der Waals surface area contributed by atoms with Crippen LogP contribution in [-0.4, -0.2) is 10.2 Å². The number of phenolic OH excluding ortho intramolecular Hbond substituents is 2. The number of anilines is 2. The highest BCUT2D eigenvalue weighted by atomic mass is 16.3. The first-order chi connectivity index (χ1) is 28.9. The number of hydrogen-bond donors (Lipinski definition) is 3. The molecule has 59 heavy (non-hydrogen) atoms. The highest BCUT2D eigenvalue weighted by Gasteiger charge is 2.24. The van der Waals surface area contributed by atoms with E-state index in [1.165, 1.54) is 11.1 Å². The smallest absolute Gasteiger partial charge is 0.123 e. The highest BCUT2D eigenvalue weighted by molar-refractivity contribution is 6.04. The molecular formula is C56H43NO2. The van der Waals surface area contributed by atoms with Gasteiger partial charge in [0.05, 0.1) is 0 Å². The lowest BCUT2D eigenvalue weighted by atomic mass is 9.80. The van der Waals surface area contributed by atoms with E-state index in [1.807, 2.05) is 48.5 Å². The van der Waals surface area contributed by atoms with Crippen molar-refractivity contribution in [1.82, 2.24) is 0 Å². The number of nitrogens with one attached hydrogen (secondary N) is 1. The largest absolute Gasteiger partial charge is 0.507 e. The minimum Gasteiger partial charge on any atom is -0.507 e. The van der Waals surface area contributed by atoms with Gasteiger partial charge in [0, 0.05) is 22.5 Å². The lowest BCUT2D eigenvalue weighted by Crippen LogP contribution is -1.98. The predicted octanol–water partition coefficient (Wildman–Crippen LogP) is 15.1. The van der Waals surface area contributed by atoms with Crippen molar-refractivity contribution >= 4 is 11.4 Å². The number of rotatable bonds is 9. The Morgan fingerprint density at radius 1 is 0.271 bits per heavy atom. The fourth-order valence-corrected chi connectivity index (χ4v) is 8.25. The summed E-state index contributed by atoms with van der Waals surface area (Å²) in [6, 6.07) is 70.5. The lowest BCUT2D eigenvalue weighted by molar-refractivity contribution is 0.477. The standard InChI is InChI=1S/C56H43NO2/c1-37-21-35-47(55(53(37)49-17-9-11-19-51(49)58)43-25-23-41(24-26-43)39-13-5-3-6-14-39)48-36-22-38(2)54(50-18-10-12-20-52(50)59)56(48)44-29-33-46(34-30-44)57-45-31-27-42(28-32-45)40-15-7-4-8-16-40/h3-36,57-59H,1-2H3. The molecule has 9 aromatic rings. The number of benzene rings is 9. The summed E-state index contributed by atoms with van der Waals surface area (Å²) in [5.41, 5.74) is 18.3. The fourth-order valence-electron chi connectivity index (χ4n) is 8.25. The molecule has 0 heterocycles. The first-order valence-electron chi connectivity index (χ1n) is 20.0. The van der Waals surface area contributed by atoms with Gasteiger partial charge in [-0.05, 0) is 128 Å². The number of para-hydroxylation sites is 2. The van der Waals surface area contributed by atoms with E-state index < -0.39 is 0 Å². The summed E-state index contributed by atoms with van der Waals surface area (Å²) < 4.78 is 0. The fraction of sp³-hybridized carbons (Fsp3) is 0.0357. The zero-order valence-corrected chi connectivity index (χ0v) is 33.0. The quantitative estimate of drug-likeness (QED) is 0.137. The number of phenols is 2. The van der Waals surface area contributed by atoms with Gasteiger partial charge in [0.1, 0.15) is 11.5 Å². The van der Waals surface area contributed by atoms with Crippen LogP contribution in [0.2, 0.25) is 0 Å². The molecule has 0 saturated heterocycles. The third-order valence-electron chi connectivity index (χ3n) is 11.2. The Bertz CT molecular complexity index is 2900. The van der Waals surface area contributed by atoms with Gasteiger partial charge in [-0.15, -0.1) is 0 Å². The van der Waals surface area contributed by atoms with Crippen LogP contribution in [0, 0.1) is 13.8 Å². The Kier molecular flexibility index (Phi) is 10.1. The molecule has 0 spiro atoms. The molecule has 0 radical (unpaired) electrons. The molecule has 3 N–H and O–H groups in total. The van der Waals surface area contributed by atoms with E-state index in [4.69, 9.17) is 0 Å². The Labute approximate surface area is 346 Å². The topological polar surface area (TPSA) is 52.5 Å². The third kappa shape index (κ3) is 7.38. The van der Waals surface area contributed by atoms with Crippen LogP contribution in [-0.2, 0) is 0 Å². The van der Waals surface area contributed by atoms with Crippen molar-refractivity contribution in [2.45, 2.75) is 13.8 Å². The molecule has 3 heteroatoms. The van der Waals surface area contributed by atoms with Crippen molar-refractivity contribution < 1.29 is 10.2 Å². The van der Waals surface area contributed by atoms with E-state index in [1.54, 1.807) is 12.1 Å². The van der Waals surface area contributed by atoms with Gasteiger partial charge in [-0.25, -0.2) is 0 Å². The Morgan fingerprint density at radius 2 is 0.593 bits per heavy atom. The first kappa shape index (κ1) is 37.0.